The number of hydrogen-bond donors (Lipinski definition) is 5. The number of thiazole rings is 4. The number of ketones is 5. The van der Waals surface area contributed by atoms with Gasteiger partial charge in [0.1, 0.15) is 98.6 Å². The molecule has 0 saturated carbocycles. The van der Waals surface area contributed by atoms with Gasteiger partial charge in [0.15, 0.2) is 0 Å². The van der Waals surface area contributed by atoms with E-state index >= 15 is 0 Å². The van der Waals surface area contributed by atoms with Crippen LogP contribution >= 0.6 is 61.3 Å². The van der Waals surface area contributed by atoms with E-state index in [-0.39, 0.29) is 59.5 Å². The minimum atomic E-state index is -2.70. The molecule has 0 atom stereocenters. The summed E-state index contributed by atoms with van der Waals surface area (Å²) in [6.45, 7) is 2.26. The Labute approximate surface area is 524 Å². The number of aliphatic hydroxyl groups is 5. The van der Waals surface area contributed by atoms with Crippen LogP contribution in [-0.2, 0) is 35.2 Å². The number of aryl methyl sites for hydroxylation is 8. The lowest BCUT2D eigenvalue weighted by atomic mass is 10.1. The van der Waals surface area contributed by atoms with Crippen molar-refractivity contribution < 1.29 is 75.8 Å². The number of aromatic nitrogens is 15. The fourth-order valence-electron chi connectivity index (χ4n) is 8.00. The van der Waals surface area contributed by atoms with Gasteiger partial charge in [-0.2, -0.15) is 25.5 Å². The highest BCUT2D eigenvalue weighted by atomic mass is 79.9. The number of hydrogen-bond acceptors (Lipinski definition) is 24. The van der Waals surface area contributed by atoms with Gasteiger partial charge in [-0.05, 0) is 48.8 Å². The van der Waals surface area contributed by atoms with Crippen molar-refractivity contribution >= 4 is 90.2 Å². The molecule has 10 aromatic heterocycles. The van der Waals surface area contributed by atoms with Gasteiger partial charge in [-0.25, -0.2) is 46.3 Å². The maximum atomic E-state index is 12.7. The summed E-state index contributed by atoms with van der Waals surface area (Å²) in [5, 5.41) is 69.0. The van der Waals surface area contributed by atoms with Crippen LogP contribution < -0.4 is 0 Å². The van der Waals surface area contributed by atoms with Gasteiger partial charge < -0.3 is 25.5 Å². The standard InChI is InChI=1S/C12H13N3O2.C11H11F2N3O2S.C10H8BrF2N3O2S.C10H9F2N3O2S.C10H11N3O2S/c1-8-4-3-5-10(14-8)9-6-13-15(2)12(9)11(17)7-16;1-5-8(10(12)13)15-11(19-5)6-3-14-16(2)9(6)7(18)4-17;1-16-7(5(18)3-17)4(2-14-16)10-15-6(9(12)13)8(11)19-10;1-15-8(7(17)3-16)5(2-13-15)10-14-6(4-18-10)9(11)12;1-6-5-16-10(12-6)7-3-11-13(2)9(7)8(15)4-14/h3-6,16H,7H2,1-2H3;3,10,17H,4H2,1-2H3;2,9,17H,3H2,1H3;2,4,9,16H,3H2,1H3;3,5,14H,4H2,1-2H3. The average molecular weight is 1380 g/mol. The summed E-state index contributed by atoms with van der Waals surface area (Å²) in [5.41, 5.74) is 5.11. The molecule has 0 aliphatic heterocycles. The van der Waals surface area contributed by atoms with E-state index in [2.05, 4.69) is 66.3 Å². The highest BCUT2D eigenvalue weighted by Gasteiger charge is 2.27. The number of pyridine rings is 1. The first-order valence-electron chi connectivity index (χ1n) is 25.3. The third kappa shape index (κ3) is 16.6. The van der Waals surface area contributed by atoms with Crippen molar-refractivity contribution in [1.82, 2.24) is 73.8 Å². The van der Waals surface area contributed by atoms with Gasteiger partial charge in [0, 0.05) is 67.8 Å². The van der Waals surface area contributed by atoms with Crippen molar-refractivity contribution in [2.45, 2.75) is 40.0 Å². The van der Waals surface area contributed by atoms with Gasteiger partial charge in [0.25, 0.3) is 19.3 Å². The van der Waals surface area contributed by atoms with Crippen LogP contribution in [-0.4, -0.2) is 161 Å². The number of Topliss-reactive ketones (excluding diaryl/α,β-unsaturated/α-hetero) is 5. The molecule has 0 aromatic carbocycles. The summed E-state index contributed by atoms with van der Waals surface area (Å²) in [7, 11) is 7.95. The van der Waals surface area contributed by atoms with Crippen molar-refractivity contribution in [3.63, 3.8) is 0 Å². The van der Waals surface area contributed by atoms with E-state index in [0.717, 1.165) is 50.4 Å². The molecular formula is C53H52BrF6N15O10S4. The lowest BCUT2D eigenvalue weighted by molar-refractivity contribution is 0.0889. The maximum Gasteiger partial charge on any atom is 0.282 e. The second-order valence-corrected chi connectivity index (χ2v) is 23.4. The first-order chi connectivity index (χ1) is 42.2. The Bertz CT molecular complexity index is 4020. The molecule has 10 aromatic rings. The fraction of sp³-hybridized carbons (Fsp3) is 0.302. The monoisotopic (exact) mass is 1380 g/mol. The van der Waals surface area contributed by atoms with Crippen molar-refractivity contribution in [3.8, 4) is 53.5 Å². The minimum Gasteiger partial charge on any atom is -0.388 e. The van der Waals surface area contributed by atoms with Crippen molar-refractivity contribution in [2.75, 3.05) is 33.0 Å². The summed E-state index contributed by atoms with van der Waals surface area (Å²) >= 11 is 7.55. The van der Waals surface area contributed by atoms with Gasteiger partial charge in [0.2, 0.25) is 28.9 Å². The zero-order valence-electron chi connectivity index (χ0n) is 47.8. The topological polar surface area (TPSA) is 340 Å². The SMILES string of the molecule is Cc1cccc(-c2cnn(C)c2C(=O)CO)n1.Cc1csc(-c2cnn(C)c2C(=O)CO)n1.Cc1sc(-c2cnn(C)c2C(=O)CO)nc1C(F)F.Cn1ncc(-c2nc(C(F)F)c(Br)s2)c1C(=O)CO.Cn1ncc(-c2nc(C(F)F)cs2)c1C(=O)CO. The molecule has 0 amide bonds. The van der Waals surface area contributed by atoms with Gasteiger partial charge >= 0.3 is 0 Å². The third-order valence-electron chi connectivity index (χ3n) is 12.0. The summed E-state index contributed by atoms with van der Waals surface area (Å²) in [6, 6.07) is 5.57. The molecule has 89 heavy (non-hydrogen) atoms. The fourth-order valence-corrected chi connectivity index (χ4v) is 12.1. The molecule has 472 valence electrons. The smallest absolute Gasteiger partial charge is 0.282 e. The molecule has 0 unspecified atom stereocenters. The van der Waals surface area contributed by atoms with Crippen LogP contribution in [0.2, 0.25) is 0 Å². The minimum absolute atomic E-state index is 0.143. The molecule has 0 bridgehead atoms. The van der Waals surface area contributed by atoms with Crippen LogP contribution in [0.1, 0.15) is 105 Å². The molecule has 25 nitrogen and oxygen atoms in total. The van der Waals surface area contributed by atoms with E-state index in [1.807, 2.05) is 37.4 Å². The van der Waals surface area contributed by atoms with Gasteiger partial charge in [-0.15, -0.1) is 45.3 Å². The van der Waals surface area contributed by atoms with E-state index in [4.69, 9.17) is 25.5 Å². The Kier molecular flexibility index (Phi) is 24.7. The maximum absolute atomic E-state index is 12.7. The molecule has 0 radical (unpaired) electrons. The third-order valence-corrected chi connectivity index (χ3v) is 16.7. The van der Waals surface area contributed by atoms with Crippen molar-refractivity contribution in [1.29, 1.82) is 0 Å². The summed E-state index contributed by atoms with van der Waals surface area (Å²) in [6.07, 6.45) is -0.696. The van der Waals surface area contributed by atoms with Crippen LogP contribution in [0.5, 0.6) is 0 Å². The predicted molar refractivity (Wildman–Crippen MR) is 318 cm³/mol. The lowest BCUT2D eigenvalue weighted by Gasteiger charge is -2.03. The normalized spacial score (nSPS) is 11.0. The van der Waals surface area contributed by atoms with Crippen LogP contribution in [0.15, 0.2) is 63.7 Å². The largest absolute Gasteiger partial charge is 0.388 e. The van der Waals surface area contributed by atoms with Crippen LogP contribution in [0, 0.1) is 20.8 Å². The number of aliphatic hydroxyl groups excluding tert-OH is 5. The lowest BCUT2D eigenvalue weighted by Crippen LogP contribution is -2.12. The molecule has 0 spiro atoms. The van der Waals surface area contributed by atoms with Crippen molar-refractivity contribution in [3.05, 3.63) is 126 Å². The first kappa shape index (κ1) is 70.0. The second kappa shape index (κ2) is 31.4. The number of carbonyl (C=O) groups excluding carboxylic acids is 5. The Morgan fingerprint density at radius 2 is 0.809 bits per heavy atom. The molecule has 0 fully saturated rings. The molecule has 36 heteroatoms. The highest BCUT2D eigenvalue weighted by molar-refractivity contribution is 9.11. The molecule has 0 aliphatic carbocycles. The number of alkyl halides is 6. The quantitative estimate of drug-likeness (QED) is 0.0401. The van der Waals surface area contributed by atoms with E-state index < -0.39 is 69.7 Å². The Morgan fingerprint density at radius 3 is 1.15 bits per heavy atom. The Hall–Kier alpha value is -8.07. The zero-order chi connectivity index (χ0) is 65.7. The second-order valence-electron chi connectivity index (χ2n) is 18.1. The number of halogens is 7. The zero-order valence-corrected chi connectivity index (χ0v) is 52.7. The molecular weight excluding hydrogens is 1330 g/mol. The van der Waals surface area contributed by atoms with Crippen LogP contribution in [0.3, 0.4) is 0 Å². The van der Waals surface area contributed by atoms with E-state index in [9.17, 15) is 50.3 Å². The number of carbonyl (C=O) groups is 5. The van der Waals surface area contributed by atoms with Gasteiger partial charge in [0.05, 0.1) is 62.7 Å². The number of nitrogens with zero attached hydrogens (tertiary/aromatic N) is 15. The molecule has 0 saturated heterocycles. The predicted octanol–water partition coefficient (Wildman–Crippen LogP) is 8.03. The van der Waals surface area contributed by atoms with Crippen LogP contribution in [0.25, 0.3) is 53.5 Å². The van der Waals surface area contributed by atoms with Crippen molar-refractivity contribution in [2.24, 2.45) is 35.2 Å². The van der Waals surface area contributed by atoms with E-state index in [1.54, 1.807) is 40.5 Å². The van der Waals surface area contributed by atoms with Gasteiger partial charge in [-0.3, -0.25) is 52.4 Å². The Balaban J connectivity index is 0.000000178. The molecule has 0 aliphatic rings. The summed E-state index contributed by atoms with van der Waals surface area (Å²) in [4.78, 5) is 78.5. The summed E-state index contributed by atoms with van der Waals surface area (Å²) < 4.78 is 82.6. The molecule has 10 heterocycles. The van der Waals surface area contributed by atoms with E-state index in [0.29, 0.717) is 54.8 Å². The average Bonchev–Trinajstić information content (AvgIpc) is 1.81. The van der Waals surface area contributed by atoms with Gasteiger partial charge in [-0.1, -0.05) is 6.07 Å². The Morgan fingerprint density at radius 1 is 0.449 bits per heavy atom. The number of rotatable bonds is 18. The van der Waals surface area contributed by atoms with Crippen LogP contribution in [0.4, 0.5) is 26.3 Å². The molecule has 10 rings (SSSR count). The van der Waals surface area contributed by atoms with E-state index in [1.165, 1.54) is 72.8 Å². The molecule has 5 N–H and O–H groups in total. The highest BCUT2D eigenvalue weighted by Crippen LogP contribution is 2.39. The summed E-state index contributed by atoms with van der Waals surface area (Å²) in [5.74, 6) is -2.30. The first-order valence-corrected chi connectivity index (χ1v) is 29.5.